The minimum atomic E-state index is -1.10. The number of nitrogens with one attached hydrogen (secondary N) is 1. The van der Waals surface area contributed by atoms with Crippen LogP contribution in [-0.4, -0.2) is 27.3 Å². The Hall–Kier alpha value is -2.60. The predicted molar refractivity (Wildman–Crippen MR) is 64.7 cm³/mol. The van der Waals surface area contributed by atoms with E-state index < -0.39 is 12.0 Å². The quantitative estimate of drug-likeness (QED) is 0.762. The average molecular weight is 244 g/mol. The second kappa shape index (κ2) is 5.65. The molecule has 0 spiro atoms. The van der Waals surface area contributed by atoms with E-state index in [2.05, 4.69) is 21.4 Å². The third-order valence-corrected chi connectivity index (χ3v) is 2.50. The van der Waals surface area contributed by atoms with Crippen LogP contribution in [0.25, 0.3) is 0 Å². The molecule has 1 unspecified atom stereocenters. The Morgan fingerprint density at radius 3 is 2.72 bits per heavy atom. The summed E-state index contributed by atoms with van der Waals surface area (Å²) in [5, 5.41) is 28.3. The predicted octanol–water partition coefficient (Wildman–Crippen LogP) is 0.854. The van der Waals surface area contributed by atoms with E-state index in [1.165, 1.54) is 0 Å². The van der Waals surface area contributed by atoms with Gasteiger partial charge in [-0.15, -0.1) is 17.4 Å². The van der Waals surface area contributed by atoms with Gasteiger partial charge in [0, 0.05) is 6.42 Å². The van der Waals surface area contributed by atoms with Gasteiger partial charge in [0.2, 0.25) is 0 Å². The summed E-state index contributed by atoms with van der Waals surface area (Å²) >= 11 is 0. The summed E-state index contributed by atoms with van der Waals surface area (Å²) in [6, 6.07) is 0.994. The van der Waals surface area contributed by atoms with Crippen molar-refractivity contribution < 1.29 is 9.90 Å². The van der Waals surface area contributed by atoms with Crippen LogP contribution >= 0.6 is 0 Å². The molecule has 1 aromatic heterocycles. The van der Waals surface area contributed by atoms with E-state index in [0.29, 0.717) is 11.3 Å². The van der Waals surface area contributed by atoms with Gasteiger partial charge < -0.3 is 10.4 Å². The standard InChI is InChI=1S/C12H12N4O2/c1-4-5-10(12(17)18)14-11-9(6-13)7(2)8(3)15-16-11/h1,10H,5H2,2-3H3,(H,14,16)(H,17,18). The molecule has 0 aromatic carbocycles. The topological polar surface area (TPSA) is 98.9 Å². The lowest BCUT2D eigenvalue weighted by molar-refractivity contribution is -0.137. The van der Waals surface area contributed by atoms with E-state index in [4.69, 9.17) is 16.8 Å². The van der Waals surface area contributed by atoms with E-state index >= 15 is 0 Å². The van der Waals surface area contributed by atoms with Crippen molar-refractivity contribution in [3.05, 3.63) is 16.8 Å². The Morgan fingerprint density at radius 1 is 1.56 bits per heavy atom. The largest absolute Gasteiger partial charge is 0.480 e. The van der Waals surface area contributed by atoms with Gasteiger partial charge in [-0.05, 0) is 19.4 Å². The van der Waals surface area contributed by atoms with Crippen LogP contribution in [0.4, 0.5) is 5.82 Å². The zero-order chi connectivity index (χ0) is 13.7. The van der Waals surface area contributed by atoms with Gasteiger partial charge in [-0.1, -0.05) is 0 Å². The van der Waals surface area contributed by atoms with Crippen molar-refractivity contribution in [2.45, 2.75) is 26.3 Å². The van der Waals surface area contributed by atoms with Gasteiger partial charge in [-0.2, -0.15) is 10.4 Å². The van der Waals surface area contributed by atoms with Gasteiger partial charge in [0.25, 0.3) is 0 Å². The van der Waals surface area contributed by atoms with E-state index in [-0.39, 0.29) is 17.8 Å². The maximum Gasteiger partial charge on any atom is 0.327 e. The number of carboxylic acids is 1. The second-order valence-electron chi connectivity index (χ2n) is 3.69. The van der Waals surface area contributed by atoms with Crippen molar-refractivity contribution in [3.8, 4) is 18.4 Å². The molecule has 1 aromatic rings. The molecule has 0 aliphatic carbocycles. The van der Waals surface area contributed by atoms with Crippen molar-refractivity contribution in [2.24, 2.45) is 0 Å². The number of terminal acetylenes is 1. The van der Waals surface area contributed by atoms with E-state index in [1.54, 1.807) is 13.8 Å². The first-order valence-corrected chi connectivity index (χ1v) is 5.18. The maximum absolute atomic E-state index is 11.0. The third kappa shape index (κ3) is 2.74. The number of carbonyl (C=O) groups is 1. The summed E-state index contributed by atoms with van der Waals surface area (Å²) in [6.07, 6.45) is 5.09. The molecular weight excluding hydrogens is 232 g/mol. The van der Waals surface area contributed by atoms with Crippen molar-refractivity contribution in [2.75, 3.05) is 5.32 Å². The minimum Gasteiger partial charge on any atom is -0.480 e. The second-order valence-corrected chi connectivity index (χ2v) is 3.69. The molecule has 0 saturated carbocycles. The fourth-order valence-corrected chi connectivity index (χ4v) is 1.33. The zero-order valence-corrected chi connectivity index (χ0v) is 10.1. The van der Waals surface area contributed by atoms with Crippen molar-refractivity contribution in [3.63, 3.8) is 0 Å². The molecular formula is C12H12N4O2. The van der Waals surface area contributed by atoms with Gasteiger partial charge in [0.05, 0.1) is 5.69 Å². The van der Waals surface area contributed by atoms with Gasteiger partial charge in [0.1, 0.15) is 17.7 Å². The van der Waals surface area contributed by atoms with Crippen molar-refractivity contribution >= 4 is 11.8 Å². The average Bonchev–Trinajstić information content (AvgIpc) is 2.33. The highest BCUT2D eigenvalue weighted by Crippen LogP contribution is 2.18. The molecule has 0 aliphatic rings. The number of anilines is 1. The zero-order valence-electron chi connectivity index (χ0n) is 10.1. The fourth-order valence-electron chi connectivity index (χ4n) is 1.33. The van der Waals surface area contributed by atoms with Crippen LogP contribution in [0, 0.1) is 37.5 Å². The number of nitriles is 1. The van der Waals surface area contributed by atoms with Crippen LogP contribution in [-0.2, 0) is 4.79 Å². The number of hydrogen-bond acceptors (Lipinski definition) is 5. The van der Waals surface area contributed by atoms with Gasteiger partial charge in [-0.25, -0.2) is 4.79 Å². The summed E-state index contributed by atoms with van der Waals surface area (Å²) in [5.74, 6) is 1.30. The van der Waals surface area contributed by atoms with Crippen LogP contribution in [0.15, 0.2) is 0 Å². The minimum absolute atomic E-state index is 0.00515. The molecule has 6 nitrogen and oxygen atoms in total. The van der Waals surface area contributed by atoms with E-state index in [1.807, 2.05) is 6.07 Å². The number of aliphatic carboxylic acids is 1. The Bertz CT molecular complexity index is 554. The Balaban J connectivity index is 3.12. The van der Waals surface area contributed by atoms with Crippen LogP contribution in [0.1, 0.15) is 23.2 Å². The lowest BCUT2D eigenvalue weighted by Crippen LogP contribution is -2.30. The maximum atomic E-state index is 11.0. The van der Waals surface area contributed by atoms with E-state index in [9.17, 15) is 4.79 Å². The van der Waals surface area contributed by atoms with Crippen molar-refractivity contribution in [1.82, 2.24) is 10.2 Å². The summed E-state index contributed by atoms with van der Waals surface area (Å²) in [6.45, 7) is 3.45. The molecule has 0 radical (unpaired) electrons. The molecule has 0 saturated heterocycles. The Kier molecular flexibility index (Phi) is 4.22. The number of rotatable bonds is 4. The molecule has 1 rings (SSSR count). The van der Waals surface area contributed by atoms with Gasteiger partial charge >= 0.3 is 5.97 Å². The molecule has 0 aliphatic heterocycles. The Morgan fingerprint density at radius 2 is 2.22 bits per heavy atom. The number of nitrogens with zero attached hydrogens (tertiary/aromatic N) is 3. The fraction of sp³-hybridized carbons (Fsp3) is 0.333. The Labute approximate surface area is 105 Å². The first kappa shape index (κ1) is 13.5. The lowest BCUT2D eigenvalue weighted by atomic mass is 10.1. The number of aryl methyl sites for hydroxylation is 1. The van der Waals surface area contributed by atoms with Crippen LogP contribution in [0.2, 0.25) is 0 Å². The molecule has 0 fully saturated rings. The molecule has 1 heterocycles. The molecule has 0 bridgehead atoms. The summed E-state index contributed by atoms with van der Waals surface area (Å²) < 4.78 is 0. The molecule has 1 atom stereocenters. The molecule has 0 amide bonds. The smallest absolute Gasteiger partial charge is 0.327 e. The summed E-state index contributed by atoms with van der Waals surface area (Å²) in [5.41, 5.74) is 1.58. The SMILES string of the molecule is C#CCC(Nc1nnc(C)c(C)c1C#N)C(=O)O. The normalized spacial score (nSPS) is 11.1. The first-order valence-electron chi connectivity index (χ1n) is 5.18. The number of hydrogen-bond donors (Lipinski definition) is 2. The molecule has 18 heavy (non-hydrogen) atoms. The highest BCUT2D eigenvalue weighted by atomic mass is 16.4. The number of aromatic nitrogens is 2. The van der Waals surface area contributed by atoms with Crippen LogP contribution < -0.4 is 5.32 Å². The molecule has 92 valence electrons. The summed E-state index contributed by atoms with van der Waals surface area (Å²) in [4.78, 5) is 11.0. The molecule has 6 heteroatoms. The number of carboxylic acid groups (broad SMARTS) is 1. The van der Waals surface area contributed by atoms with E-state index in [0.717, 1.165) is 0 Å². The first-order chi connectivity index (χ1) is 8.51. The highest BCUT2D eigenvalue weighted by Gasteiger charge is 2.19. The summed E-state index contributed by atoms with van der Waals surface area (Å²) in [7, 11) is 0. The monoisotopic (exact) mass is 244 g/mol. The lowest BCUT2D eigenvalue weighted by Gasteiger charge is -2.14. The highest BCUT2D eigenvalue weighted by molar-refractivity contribution is 5.78. The third-order valence-electron chi connectivity index (χ3n) is 2.50. The van der Waals surface area contributed by atoms with Crippen LogP contribution in [0.5, 0.6) is 0 Å². The van der Waals surface area contributed by atoms with Crippen LogP contribution in [0.3, 0.4) is 0 Å². The van der Waals surface area contributed by atoms with Crippen molar-refractivity contribution in [1.29, 1.82) is 5.26 Å². The van der Waals surface area contributed by atoms with Gasteiger partial charge in [0.15, 0.2) is 5.82 Å². The van der Waals surface area contributed by atoms with Gasteiger partial charge in [-0.3, -0.25) is 0 Å². The molecule has 2 N–H and O–H groups in total.